The van der Waals surface area contributed by atoms with Gasteiger partial charge < -0.3 is 16.2 Å². The Balaban J connectivity index is 2.61. The topological polar surface area (TPSA) is 58.3 Å². The van der Waals surface area contributed by atoms with E-state index in [1.165, 1.54) is 6.07 Å². The number of hydrogen-bond donors (Lipinski definition) is 3. The van der Waals surface area contributed by atoms with E-state index in [4.69, 9.17) is 5.73 Å². The summed E-state index contributed by atoms with van der Waals surface area (Å²) in [5.74, 6) is -0.308. The van der Waals surface area contributed by atoms with Crippen LogP contribution in [-0.4, -0.2) is 17.8 Å². The van der Waals surface area contributed by atoms with Gasteiger partial charge in [-0.25, -0.2) is 4.39 Å². The summed E-state index contributed by atoms with van der Waals surface area (Å²) >= 11 is 1.89. The fourth-order valence-electron chi connectivity index (χ4n) is 1.72. The lowest BCUT2D eigenvalue weighted by Gasteiger charge is -2.23. The van der Waals surface area contributed by atoms with Gasteiger partial charge in [0, 0.05) is 12.6 Å². The maximum absolute atomic E-state index is 13.4. The second-order valence-corrected chi connectivity index (χ2v) is 6.82. The number of nitrogens with one attached hydrogen (secondary N) is 1. The molecule has 1 rings (SSSR count). The lowest BCUT2D eigenvalue weighted by atomic mass is 9.89. The standard InChI is InChI=1S/C13H20FIN2O/c1-13(2,3)6-8(18)7-17-12-4-9(14)10(15)5-11(12)16/h4-5,8,17-18H,6-7,16H2,1-3H3. The molecule has 1 unspecified atom stereocenters. The second-order valence-electron chi connectivity index (χ2n) is 5.65. The highest BCUT2D eigenvalue weighted by Gasteiger charge is 2.16. The molecule has 1 atom stereocenters. The number of benzene rings is 1. The third-order valence-corrected chi connectivity index (χ3v) is 3.30. The smallest absolute Gasteiger partial charge is 0.138 e. The molecule has 0 radical (unpaired) electrons. The van der Waals surface area contributed by atoms with E-state index < -0.39 is 6.10 Å². The van der Waals surface area contributed by atoms with Crippen LogP contribution < -0.4 is 11.1 Å². The number of rotatable bonds is 4. The van der Waals surface area contributed by atoms with Crippen molar-refractivity contribution in [3.8, 4) is 0 Å². The van der Waals surface area contributed by atoms with Crippen LogP contribution in [0, 0.1) is 14.8 Å². The molecule has 1 aromatic rings. The minimum absolute atomic E-state index is 0.0595. The SMILES string of the molecule is CC(C)(C)CC(O)CNc1cc(F)c(I)cc1N. The van der Waals surface area contributed by atoms with Gasteiger partial charge in [-0.2, -0.15) is 0 Å². The molecular formula is C13H20FIN2O. The van der Waals surface area contributed by atoms with Gasteiger partial charge in [0.25, 0.3) is 0 Å². The van der Waals surface area contributed by atoms with Gasteiger partial charge in [0.2, 0.25) is 0 Å². The number of hydrogen-bond acceptors (Lipinski definition) is 3. The first-order valence-corrected chi connectivity index (χ1v) is 6.93. The Morgan fingerprint density at radius 1 is 1.44 bits per heavy atom. The molecule has 0 amide bonds. The van der Waals surface area contributed by atoms with Crippen molar-refractivity contribution in [2.75, 3.05) is 17.6 Å². The fraction of sp³-hybridized carbons (Fsp3) is 0.538. The quantitative estimate of drug-likeness (QED) is 0.567. The summed E-state index contributed by atoms with van der Waals surface area (Å²) in [4.78, 5) is 0. The van der Waals surface area contributed by atoms with E-state index in [1.807, 2.05) is 22.6 Å². The summed E-state index contributed by atoms with van der Waals surface area (Å²) < 4.78 is 13.9. The van der Waals surface area contributed by atoms with E-state index in [0.29, 0.717) is 27.9 Å². The van der Waals surface area contributed by atoms with Crippen molar-refractivity contribution in [2.45, 2.75) is 33.3 Å². The Labute approximate surface area is 121 Å². The van der Waals surface area contributed by atoms with Crippen molar-refractivity contribution in [1.82, 2.24) is 0 Å². The maximum Gasteiger partial charge on any atom is 0.138 e. The summed E-state index contributed by atoms with van der Waals surface area (Å²) in [6.07, 6.45) is 0.193. The number of aliphatic hydroxyl groups excluding tert-OH is 1. The van der Waals surface area contributed by atoms with Gasteiger partial charge in [0.1, 0.15) is 5.82 Å². The van der Waals surface area contributed by atoms with E-state index in [1.54, 1.807) is 6.07 Å². The van der Waals surface area contributed by atoms with Crippen LogP contribution in [0.3, 0.4) is 0 Å². The van der Waals surface area contributed by atoms with Gasteiger partial charge >= 0.3 is 0 Å². The molecule has 0 fully saturated rings. The van der Waals surface area contributed by atoms with Crippen LogP contribution in [0.2, 0.25) is 0 Å². The predicted octanol–water partition coefficient (Wildman–Crippen LogP) is 3.22. The molecule has 1 aromatic carbocycles. The van der Waals surface area contributed by atoms with E-state index in [9.17, 15) is 9.50 Å². The van der Waals surface area contributed by atoms with E-state index >= 15 is 0 Å². The Morgan fingerprint density at radius 3 is 2.61 bits per heavy atom. The zero-order chi connectivity index (χ0) is 13.9. The van der Waals surface area contributed by atoms with Crippen LogP contribution in [0.4, 0.5) is 15.8 Å². The van der Waals surface area contributed by atoms with Crippen molar-refractivity contribution in [2.24, 2.45) is 5.41 Å². The van der Waals surface area contributed by atoms with Gasteiger partial charge in [-0.1, -0.05) is 20.8 Å². The fourth-order valence-corrected chi connectivity index (χ4v) is 2.21. The molecule has 0 saturated heterocycles. The summed E-state index contributed by atoms with van der Waals surface area (Å²) in [6.45, 7) is 6.56. The molecule has 0 aliphatic rings. The second kappa shape index (κ2) is 6.06. The molecule has 4 N–H and O–H groups in total. The summed E-state index contributed by atoms with van der Waals surface area (Å²) in [7, 11) is 0. The normalized spacial score (nSPS) is 13.4. The van der Waals surface area contributed by atoms with Crippen LogP contribution in [-0.2, 0) is 0 Å². The Kier molecular flexibility index (Phi) is 5.21. The maximum atomic E-state index is 13.4. The zero-order valence-corrected chi connectivity index (χ0v) is 13.1. The number of nitrogens with two attached hydrogens (primary N) is 1. The monoisotopic (exact) mass is 366 g/mol. The van der Waals surface area contributed by atoms with Gasteiger partial charge in [-0.3, -0.25) is 0 Å². The lowest BCUT2D eigenvalue weighted by Crippen LogP contribution is -2.25. The van der Waals surface area contributed by atoms with Crippen LogP contribution >= 0.6 is 22.6 Å². The number of aliphatic hydroxyl groups is 1. The van der Waals surface area contributed by atoms with Gasteiger partial charge in [0.05, 0.1) is 21.0 Å². The van der Waals surface area contributed by atoms with E-state index in [-0.39, 0.29) is 11.2 Å². The molecule has 3 nitrogen and oxygen atoms in total. The number of anilines is 2. The van der Waals surface area contributed by atoms with Crippen molar-refractivity contribution < 1.29 is 9.50 Å². The number of nitrogen functional groups attached to an aromatic ring is 1. The summed E-state index contributed by atoms with van der Waals surface area (Å²) in [5, 5.41) is 12.8. The highest BCUT2D eigenvalue weighted by molar-refractivity contribution is 14.1. The Hall–Kier alpha value is -0.560. The zero-order valence-electron chi connectivity index (χ0n) is 10.9. The highest BCUT2D eigenvalue weighted by atomic mass is 127. The lowest BCUT2D eigenvalue weighted by molar-refractivity contribution is 0.132. The molecule has 0 spiro atoms. The minimum atomic E-state index is -0.480. The van der Waals surface area contributed by atoms with Crippen molar-refractivity contribution >= 4 is 34.0 Å². The van der Waals surface area contributed by atoms with E-state index in [0.717, 1.165) is 0 Å². The third-order valence-electron chi connectivity index (χ3n) is 2.47. The minimum Gasteiger partial charge on any atom is -0.397 e. The molecule has 0 aromatic heterocycles. The van der Waals surface area contributed by atoms with E-state index in [2.05, 4.69) is 26.1 Å². The first-order chi connectivity index (χ1) is 8.19. The van der Waals surface area contributed by atoms with Crippen molar-refractivity contribution in [3.63, 3.8) is 0 Å². The van der Waals surface area contributed by atoms with Gasteiger partial charge in [-0.05, 0) is 40.5 Å². The Bertz CT molecular complexity index is 418. The molecular weight excluding hydrogens is 346 g/mol. The molecule has 18 heavy (non-hydrogen) atoms. The van der Waals surface area contributed by atoms with Crippen LogP contribution in [0.15, 0.2) is 12.1 Å². The third kappa shape index (κ3) is 4.97. The molecule has 0 heterocycles. The van der Waals surface area contributed by atoms with Crippen molar-refractivity contribution in [1.29, 1.82) is 0 Å². The Morgan fingerprint density at radius 2 is 2.06 bits per heavy atom. The first kappa shape index (κ1) is 15.5. The summed E-state index contributed by atoms with van der Waals surface area (Å²) in [5.41, 5.74) is 6.87. The highest BCUT2D eigenvalue weighted by Crippen LogP contribution is 2.25. The largest absolute Gasteiger partial charge is 0.397 e. The molecule has 0 aliphatic heterocycles. The van der Waals surface area contributed by atoms with Crippen LogP contribution in [0.1, 0.15) is 27.2 Å². The first-order valence-electron chi connectivity index (χ1n) is 5.85. The summed E-state index contributed by atoms with van der Waals surface area (Å²) in [6, 6.07) is 2.94. The van der Waals surface area contributed by atoms with Crippen LogP contribution in [0.5, 0.6) is 0 Å². The molecule has 0 bridgehead atoms. The van der Waals surface area contributed by atoms with Crippen molar-refractivity contribution in [3.05, 3.63) is 21.5 Å². The average molecular weight is 366 g/mol. The van der Waals surface area contributed by atoms with Crippen LogP contribution in [0.25, 0.3) is 0 Å². The molecule has 0 saturated carbocycles. The van der Waals surface area contributed by atoms with Gasteiger partial charge in [0.15, 0.2) is 0 Å². The van der Waals surface area contributed by atoms with Gasteiger partial charge in [-0.15, -0.1) is 0 Å². The molecule has 0 aliphatic carbocycles. The predicted molar refractivity (Wildman–Crippen MR) is 82.1 cm³/mol. The average Bonchev–Trinajstić information content (AvgIpc) is 2.19. The molecule has 102 valence electrons. The molecule has 5 heteroatoms. The number of halogens is 2.